The fourth-order valence-electron chi connectivity index (χ4n) is 12.9. The molecule has 6 aliphatic rings. The predicted molar refractivity (Wildman–Crippen MR) is 383 cm³/mol. The number of anilines is 20. The molecule has 11 aromatic carbocycles. The summed E-state index contributed by atoms with van der Waals surface area (Å²) in [6, 6.07) is 86.2. The van der Waals surface area contributed by atoms with Gasteiger partial charge in [0.2, 0.25) is 0 Å². The maximum absolute atomic E-state index is 14.8. The number of para-hydroxylation sites is 10. The van der Waals surface area contributed by atoms with Crippen LogP contribution in [0.25, 0.3) is 0 Å². The number of benzene rings is 11. The average Bonchev–Trinajstić information content (AvgIpc) is 1.61. The molecule has 0 aliphatic carbocycles. The van der Waals surface area contributed by atoms with Gasteiger partial charge in [0.15, 0.2) is 0 Å². The van der Waals surface area contributed by atoms with Crippen LogP contribution in [-0.4, -0.2) is 28.2 Å². The molecular weight excluding hydrogens is 1740 g/mol. The Labute approximate surface area is 608 Å². The van der Waals surface area contributed by atoms with E-state index < -0.39 is 11.6 Å². The summed E-state index contributed by atoms with van der Waals surface area (Å²) >= 11 is 0. The standard InChI is InChI=1S/C32H23N4.C26H27N4.C22H17F2N4.3Os/c1-3-12-25(13-4-1)33-23-35(31-20-9-7-18-29(31)33)27-16-11-17-28(22-27)36-24-34(26-14-5-2-6-15-26)30-19-8-10-21-32(30)36;1-17-10-23-25(12-19(17)3)29(15-27(23)5)21-8-7-9-22(14-21)30-16-28(6)24-11-18(2)20(4)13-26(24)30;1-25-13-27(19-9-5-3-7-17(19)25)21-12-22(16(24)11-15(21)23)28-14-26(2)18-8-4-6-10-20(18)28;;;/h1-21,23-24H;7-13,15-16H,1-6H3;3-11,13-14H,1-2H3;;;/q3*-3;;;. The molecular formula is C80H67F2N12Os3-9. The summed E-state index contributed by atoms with van der Waals surface area (Å²) in [6.07, 6.45) is 0. The summed E-state index contributed by atoms with van der Waals surface area (Å²) in [5.74, 6) is -1.33. The Balaban J connectivity index is 0.000000138. The van der Waals surface area contributed by atoms with Crippen molar-refractivity contribution in [3.8, 4) is 0 Å². The van der Waals surface area contributed by atoms with Crippen LogP contribution < -0.4 is 58.8 Å². The molecule has 0 saturated heterocycles. The molecule has 0 radical (unpaired) electrons. The molecule has 0 saturated carbocycles. The minimum Gasteiger partial charge on any atom is -0.504 e. The molecule has 12 nitrogen and oxygen atoms in total. The fourth-order valence-corrected chi connectivity index (χ4v) is 12.9. The number of nitrogens with zero attached hydrogens (tertiary/aromatic N) is 12. The van der Waals surface area contributed by atoms with Crippen LogP contribution in [0.2, 0.25) is 0 Å². The minimum atomic E-state index is -0.663. The van der Waals surface area contributed by atoms with E-state index in [9.17, 15) is 8.78 Å². The van der Waals surface area contributed by atoms with E-state index in [4.69, 9.17) is 0 Å². The molecule has 11 aromatic rings. The van der Waals surface area contributed by atoms with E-state index in [1.165, 1.54) is 45.0 Å². The van der Waals surface area contributed by atoms with Gasteiger partial charge >= 0.3 is 0 Å². The van der Waals surface area contributed by atoms with Crippen LogP contribution in [0, 0.1) is 97.5 Å². The zero-order valence-electron chi connectivity index (χ0n) is 54.5. The molecule has 0 N–H and O–H groups in total. The Bertz CT molecular complexity index is 4400. The predicted octanol–water partition coefficient (Wildman–Crippen LogP) is 19.6. The molecule has 17 heteroatoms. The van der Waals surface area contributed by atoms with Gasteiger partial charge in [-0.3, -0.25) is 8.78 Å². The van der Waals surface area contributed by atoms with Crippen molar-refractivity contribution in [1.82, 2.24) is 0 Å². The zero-order chi connectivity index (χ0) is 64.5. The molecule has 494 valence electrons. The SMILES string of the molecule is CN1[CH-]N(c2[c-]c(N3[CH-]N(C)c4ccccc43)c(F)cc2F)c2ccccc21.Cc1cc2c(cc1C)N(c1[c-]c(N3[CH-]N(C)c4cc(C)c(C)cc43)ccc1)[CH-]N2C.[Os].[Os].[Os].[c-]1c(N2[CH-]N(c3ccccc3)c3ccccc32)cccc1N1[CH-]N(c2ccccc2)c2ccccc21. The van der Waals surface area contributed by atoms with Crippen LogP contribution in [0.15, 0.2) is 224 Å². The maximum Gasteiger partial charge on any atom is 0.0344 e. The van der Waals surface area contributed by atoms with E-state index >= 15 is 0 Å². The van der Waals surface area contributed by atoms with Gasteiger partial charge in [0, 0.05) is 151 Å². The number of hydrogen-bond acceptors (Lipinski definition) is 12. The summed E-state index contributed by atoms with van der Waals surface area (Å²) in [5.41, 5.74) is 24.8. The van der Waals surface area contributed by atoms with E-state index in [0.29, 0.717) is 0 Å². The van der Waals surface area contributed by atoms with Gasteiger partial charge in [-0.15, -0.1) is 78.6 Å². The molecule has 17 rings (SSSR count). The third-order valence-electron chi connectivity index (χ3n) is 18.0. The Morgan fingerprint density at radius 1 is 0.247 bits per heavy atom. The molecule has 6 heterocycles. The Kier molecular flexibility index (Phi) is 19.6. The summed E-state index contributed by atoms with van der Waals surface area (Å²) < 4.78 is 29.5. The summed E-state index contributed by atoms with van der Waals surface area (Å²) in [6.45, 7) is 20.8. The summed E-state index contributed by atoms with van der Waals surface area (Å²) in [7, 11) is 7.98. The zero-order valence-corrected chi connectivity index (χ0v) is 62.1. The van der Waals surface area contributed by atoms with Crippen molar-refractivity contribution in [2.75, 3.05) is 87.0 Å². The number of hydrogen-bond donors (Lipinski definition) is 0. The first-order valence-electron chi connectivity index (χ1n) is 31.2. The smallest absolute Gasteiger partial charge is 0.0344 e. The molecule has 6 aliphatic heterocycles. The molecule has 0 spiro atoms. The largest absolute Gasteiger partial charge is 0.504 e. The Morgan fingerprint density at radius 3 is 0.845 bits per heavy atom. The molecule has 0 fully saturated rings. The minimum absolute atomic E-state index is 0. The first-order chi connectivity index (χ1) is 45.7. The van der Waals surface area contributed by atoms with Crippen molar-refractivity contribution in [3.63, 3.8) is 0 Å². The molecule has 0 bridgehead atoms. The third-order valence-corrected chi connectivity index (χ3v) is 18.0. The van der Waals surface area contributed by atoms with Crippen LogP contribution in [0.3, 0.4) is 0 Å². The first kappa shape index (κ1) is 67.8. The Morgan fingerprint density at radius 2 is 0.505 bits per heavy atom. The van der Waals surface area contributed by atoms with Crippen molar-refractivity contribution in [3.05, 3.63) is 317 Å². The van der Waals surface area contributed by atoms with Gasteiger partial charge < -0.3 is 58.8 Å². The first-order valence-corrected chi connectivity index (χ1v) is 31.2. The quantitative estimate of drug-likeness (QED) is 0.136. The second kappa shape index (κ2) is 28.1. The Hall–Kier alpha value is -9.21. The number of aryl methyl sites for hydroxylation is 4. The van der Waals surface area contributed by atoms with Crippen LogP contribution in [-0.2, 0) is 59.4 Å². The fraction of sp³-hybridized carbons (Fsp3) is 0.100. The van der Waals surface area contributed by atoms with E-state index in [2.05, 4.69) is 284 Å². The number of halogens is 2. The molecule has 0 amide bonds. The molecule has 0 atom stereocenters. The topological polar surface area (TPSA) is 38.9 Å². The van der Waals surface area contributed by atoms with E-state index in [0.717, 1.165) is 85.7 Å². The molecule has 0 unspecified atom stereocenters. The van der Waals surface area contributed by atoms with Crippen molar-refractivity contribution in [2.45, 2.75) is 27.7 Å². The maximum atomic E-state index is 14.8. The van der Waals surface area contributed by atoms with Crippen LogP contribution in [0.5, 0.6) is 0 Å². The van der Waals surface area contributed by atoms with E-state index in [1.807, 2.05) is 84.6 Å². The van der Waals surface area contributed by atoms with Crippen LogP contribution in [0.1, 0.15) is 22.3 Å². The van der Waals surface area contributed by atoms with Crippen LogP contribution in [0.4, 0.5) is 123 Å². The van der Waals surface area contributed by atoms with E-state index in [1.54, 1.807) is 23.1 Å². The second-order valence-electron chi connectivity index (χ2n) is 24.1. The molecule has 0 aromatic heterocycles. The summed E-state index contributed by atoms with van der Waals surface area (Å²) in [5, 5.41) is 0. The second-order valence-corrected chi connectivity index (χ2v) is 24.1. The average molecular weight is 1810 g/mol. The van der Waals surface area contributed by atoms with Crippen molar-refractivity contribution >= 4 is 114 Å². The van der Waals surface area contributed by atoms with Gasteiger partial charge in [-0.05, 0) is 175 Å². The monoisotopic (exact) mass is 1810 g/mol. The van der Waals surface area contributed by atoms with Gasteiger partial charge in [-0.1, -0.05) is 102 Å². The molecule has 97 heavy (non-hydrogen) atoms. The third kappa shape index (κ3) is 12.6. The van der Waals surface area contributed by atoms with Gasteiger partial charge in [0.05, 0.1) is 0 Å². The number of fused-ring (bicyclic) bond motifs is 6. The van der Waals surface area contributed by atoms with Crippen molar-refractivity contribution in [1.29, 1.82) is 0 Å². The van der Waals surface area contributed by atoms with Crippen molar-refractivity contribution < 1.29 is 68.2 Å². The van der Waals surface area contributed by atoms with Gasteiger partial charge in [-0.25, -0.2) is 0 Å². The van der Waals surface area contributed by atoms with Crippen molar-refractivity contribution in [2.24, 2.45) is 0 Å². The van der Waals surface area contributed by atoms with Crippen LogP contribution >= 0.6 is 0 Å². The number of rotatable bonds is 8. The normalized spacial score (nSPS) is 14.4. The van der Waals surface area contributed by atoms with Gasteiger partial charge in [-0.2, -0.15) is 38.8 Å². The summed E-state index contributed by atoms with van der Waals surface area (Å²) in [4.78, 5) is 24.9. The van der Waals surface area contributed by atoms with Gasteiger partial charge in [0.25, 0.3) is 0 Å². The van der Waals surface area contributed by atoms with Gasteiger partial charge in [0.1, 0.15) is 0 Å². The van der Waals surface area contributed by atoms with E-state index in [-0.39, 0.29) is 70.7 Å².